The summed E-state index contributed by atoms with van der Waals surface area (Å²) in [5.74, 6) is -15.5. The van der Waals surface area contributed by atoms with Crippen LogP contribution in [0.25, 0.3) is 0 Å². The Labute approximate surface area is 674 Å². The fourth-order valence-corrected chi connectivity index (χ4v) is 13.4. The molecule has 636 valence electrons. The summed E-state index contributed by atoms with van der Waals surface area (Å²) < 4.78 is 0. The summed E-state index contributed by atoms with van der Waals surface area (Å²) in [6.45, 7) is 6.74. The highest BCUT2D eigenvalue weighted by Gasteiger charge is 2.41. The quantitative estimate of drug-likeness (QED) is 0.0231. The third-order valence-corrected chi connectivity index (χ3v) is 19.7. The van der Waals surface area contributed by atoms with Crippen LogP contribution in [-0.4, -0.2) is 197 Å². The number of benzene rings is 3. The van der Waals surface area contributed by atoms with Gasteiger partial charge in [0, 0.05) is 57.7 Å². The summed E-state index contributed by atoms with van der Waals surface area (Å²) in [4.78, 5) is 195. The molecule has 115 heavy (non-hydrogen) atoms. The van der Waals surface area contributed by atoms with Crippen molar-refractivity contribution >= 4 is 88.5 Å². The van der Waals surface area contributed by atoms with Gasteiger partial charge in [0.05, 0.1) is 37.1 Å². The van der Waals surface area contributed by atoms with Crippen LogP contribution in [0.4, 0.5) is 0 Å². The van der Waals surface area contributed by atoms with Crippen molar-refractivity contribution in [3.8, 4) is 0 Å². The maximum Gasteiger partial charge on any atom is 0.305 e. The van der Waals surface area contributed by atoms with Gasteiger partial charge in [-0.1, -0.05) is 170 Å². The zero-order valence-electron chi connectivity index (χ0n) is 67.2. The number of primary amides is 1. The smallest absolute Gasteiger partial charge is 0.305 e. The second-order valence-corrected chi connectivity index (χ2v) is 29.9. The molecule has 1 saturated heterocycles. The van der Waals surface area contributed by atoms with Gasteiger partial charge in [0.2, 0.25) is 59.1 Å². The van der Waals surface area contributed by atoms with Gasteiger partial charge in [-0.2, -0.15) is 0 Å². The Morgan fingerprint density at radius 1 is 0.496 bits per heavy atom. The third-order valence-electron chi connectivity index (χ3n) is 19.7. The zero-order chi connectivity index (χ0) is 84.6. The average Bonchev–Trinajstić information content (AvgIpc) is 0.802. The second kappa shape index (κ2) is 54.4. The maximum absolute atomic E-state index is 15.4. The van der Waals surface area contributed by atoms with E-state index in [1.807, 2.05) is 13.8 Å². The van der Waals surface area contributed by atoms with Gasteiger partial charge in [-0.15, -0.1) is 0 Å². The predicted molar refractivity (Wildman–Crippen MR) is 436 cm³/mol. The molecule has 23 N–H and O–H groups in total. The van der Waals surface area contributed by atoms with E-state index in [1.54, 1.807) is 91.0 Å². The summed E-state index contributed by atoms with van der Waals surface area (Å²) in [5, 5.41) is 59.8. The molecule has 0 aliphatic carbocycles. The molecule has 0 unspecified atom stereocenters. The summed E-state index contributed by atoms with van der Waals surface area (Å²) in [5.41, 5.74) is 30.3. The van der Waals surface area contributed by atoms with Crippen molar-refractivity contribution in [2.75, 3.05) is 32.8 Å². The van der Waals surface area contributed by atoms with E-state index in [0.717, 1.165) is 45.4 Å². The first-order valence-electron chi connectivity index (χ1n) is 40.6. The largest absolute Gasteiger partial charge is 0.481 e. The number of hydrogen-bond donors (Lipinski definition) is 18. The molecular weight excluding hydrogens is 1480 g/mol. The van der Waals surface area contributed by atoms with Gasteiger partial charge in [-0.05, 0) is 113 Å². The molecule has 0 radical (unpaired) electrons. The molecule has 1 fully saturated rings. The Balaban J connectivity index is 1.89. The Kier molecular flexibility index (Phi) is 45.9. The van der Waals surface area contributed by atoms with Gasteiger partial charge in [0.15, 0.2) is 23.5 Å². The number of aliphatic hydroxyl groups is 2. The first-order chi connectivity index (χ1) is 55.0. The second-order valence-electron chi connectivity index (χ2n) is 29.9. The van der Waals surface area contributed by atoms with E-state index in [0.29, 0.717) is 74.7 Å². The fraction of sp³-hybridized carbons (Fsp3) is 0.598. The Morgan fingerprint density at radius 3 is 1.53 bits per heavy atom. The summed E-state index contributed by atoms with van der Waals surface area (Å²) >= 11 is 0. The van der Waals surface area contributed by atoms with E-state index in [-0.39, 0.29) is 107 Å². The molecule has 33 nitrogen and oxygen atoms in total. The minimum Gasteiger partial charge on any atom is -0.481 e. The number of ketones is 2. The van der Waals surface area contributed by atoms with Crippen molar-refractivity contribution in [1.82, 2.24) is 53.2 Å². The number of hydrogen-bond acceptors (Lipinski definition) is 18. The molecule has 3 aromatic carbocycles. The van der Waals surface area contributed by atoms with E-state index in [4.69, 9.17) is 28.7 Å². The molecule has 1 aliphatic rings. The highest BCUT2D eigenvalue weighted by atomic mass is 16.4. The minimum atomic E-state index is -2.01. The number of carboxylic acid groups (broad SMARTS) is 1. The van der Waals surface area contributed by atoms with Crippen LogP contribution in [0, 0.1) is 11.8 Å². The van der Waals surface area contributed by atoms with Crippen LogP contribution in [-0.2, 0) is 68.7 Å². The molecule has 11 atom stereocenters. The van der Waals surface area contributed by atoms with E-state index < -0.39 is 163 Å². The molecule has 3 aromatic rings. The van der Waals surface area contributed by atoms with Gasteiger partial charge in [0.1, 0.15) is 42.3 Å². The molecule has 4 rings (SSSR count). The predicted octanol–water partition coefficient (Wildman–Crippen LogP) is 2.09. The number of Topliss-reactive ketones (excluding diaryl/α,β-unsaturated/α-hetero) is 2. The summed E-state index contributed by atoms with van der Waals surface area (Å²) in [6.07, 6.45) is 6.18. The lowest BCUT2D eigenvalue weighted by Gasteiger charge is -2.31. The first-order valence-corrected chi connectivity index (χ1v) is 40.6. The number of carbonyl (C=O) groups excluding carboxylic acids is 12. The van der Waals surface area contributed by atoms with Crippen LogP contribution in [0.5, 0.6) is 0 Å². The summed E-state index contributed by atoms with van der Waals surface area (Å²) in [6, 6.07) is 10.8. The number of aliphatic hydroxyl groups excluding tert-OH is 2. The number of nitrogens with one attached hydrogen (secondary N) is 10. The Morgan fingerprint density at radius 2 is 0.974 bits per heavy atom. The van der Waals surface area contributed by atoms with Gasteiger partial charge in [-0.3, -0.25) is 72.3 Å². The van der Waals surface area contributed by atoms with Gasteiger partial charge in [-0.25, -0.2) is 0 Å². The maximum atomic E-state index is 15.4. The van der Waals surface area contributed by atoms with Gasteiger partial charge in [0.25, 0.3) is 0 Å². The number of aliphatic imine (C=N–C) groups is 2. The van der Waals surface area contributed by atoms with Crippen molar-refractivity contribution in [3.63, 3.8) is 0 Å². The van der Waals surface area contributed by atoms with Crippen molar-refractivity contribution in [3.05, 3.63) is 108 Å². The molecule has 1 heterocycles. The van der Waals surface area contributed by atoms with E-state index in [9.17, 15) is 68.1 Å². The number of amides is 10. The van der Waals surface area contributed by atoms with Crippen LogP contribution >= 0.6 is 0 Å². The fourth-order valence-electron chi connectivity index (χ4n) is 13.4. The molecule has 1 aliphatic heterocycles. The first kappa shape index (κ1) is 97.0. The zero-order valence-corrected chi connectivity index (χ0v) is 67.2. The van der Waals surface area contributed by atoms with Crippen LogP contribution in [0.2, 0.25) is 0 Å². The van der Waals surface area contributed by atoms with E-state index in [2.05, 4.69) is 70.1 Å². The topological polar surface area (TPSA) is 558 Å². The summed E-state index contributed by atoms with van der Waals surface area (Å²) in [7, 11) is 0. The standard InChI is InChI=1S/C82H127N17O16/c1-5-6-7-8-9-13-27-44-89-82(87)90-46-29-38-60-74(109)93-59(37-28-45-88-81(85)86)75(110)95-62(47-52(2)3)77(112)92-58(36-25-26-43-83)65(102)39-23-11-10-12-24-40-68(105)91-61(41-42-67(84)104)76(111)96-63(48-54-30-17-14-18-31-54)78(113)97-64(50-69(106)107)79(114)99-72(70(55-32-19-15-20-33-55)56-34-21-16-22-35-56)66(103)49-57(51-100)73(108)98-71(53(4)101)80(115)94-60/h14-22,30-35,52-53,57-64,70-72,100-101H,5-13,23-29,36-51,83H2,1-4H3,(H2,84,104)(H,91,105)(H,92,112)(H,93,109)(H,94,115)(H,95,110)(H,96,111)(H,97,113)(H,98,108)(H,99,114)(H,106,107)(H4,85,86,88)(H3,87,89,90)/t53-,57+,58+,59+,60+,61+,62+,63+,64+,71+,72-/m1/s1. The molecule has 10 amide bonds. The number of nitrogens with two attached hydrogens (primary N) is 5. The molecule has 0 bridgehead atoms. The van der Waals surface area contributed by atoms with Crippen molar-refractivity contribution < 1.29 is 77.6 Å². The lowest BCUT2D eigenvalue weighted by atomic mass is 9.81. The SMILES string of the molecule is CCCCCCCCCNC(N)=NCCC[C@@H]1NC(=O)[C@H]([C@@H](C)O)NC(=O)[C@H](CO)CC(=O)[C@H](C(c2ccccc2)c2ccccc2)NC(=O)[C@H](CC(=O)O)NC(=O)[C@H](Cc2ccccc2)NC(=O)[C@H](CCC(N)=O)NC(=O)CCCCCCCC(=O)[C@H](CCCCN)NC(=O)[C@H](CC(C)C)NC(=O)[C@H](CCCN=C(N)N)NC1=O. The number of rotatable bonds is 34. The normalized spacial score (nSPS) is 22.3. The number of carbonyl (C=O) groups is 13. The Hall–Kier alpha value is -10.4. The van der Waals surface area contributed by atoms with Gasteiger partial charge < -0.3 is 97.2 Å². The molecule has 0 saturated carbocycles. The average molecular weight is 1610 g/mol. The number of unbranched alkanes of at least 4 members (excludes halogenated alkanes) is 7. The molecular formula is C82H127N17O16. The van der Waals surface area contributed by atoms with E-state index >= 15 is 9.59 Å². The number of guanidine groups is 2. The lowest BCUT2D eigenvalue weighted by molar-refractivity contribution is -0.141. The monoisotopic (exact) mass is 1610 g/mol. The molecule has 0 spiro atoms. The molecule has 33 heteroatoms. The van der Waals surface area contributed by atoms with Crippen LogP contribution in [0.3, 0.4) is 0 Å². The third kappa shape index (κ3) is 38.1. The highest BCUT2D eigenvalue weighted by Crippen LogP contribution is 2.31. The van der Waals surface area contributed by atoms with Gasteiger partial charge >= 0.3 is 5.97 Å². The lowest BCUT2D eigenvalue weighted by Crippen LogP contribution is -2.60. The van der Waals surface area contributed by atoms with E-state index in [1.165, 1.54) is 6.42 Å². The van der Waals surface area contributed by atoms with Crippen molar-refractivity contribution in [1.29, 1.82) is 0 Å². The van der Waals surface area contributed by atoms with Crippen LogP contribution in [0.1, 0.15) is 217 Å². The number of nitrogens with zero attached hydrogens (tertiary/aromatic N) is 2. The van der Waals surface area contributed by atoms with Crippen molar-refractivity contribution in [2.24, 2.45) is 50.5 Å². The minimum absolute atomic E-state index is 0.00797. The number of carboxylic acids is 1. The highest BCUT2D eigenvalue weighted by molar-refractivity contribution is 6.00. The Bertz CT molecular complexity index is 3570. The number of aliphatic carboxylic acids is 1. The van der Waals surface area contributed by atoms with Crippen LogP contribution < -0.4 is 81.8 Å². The van der Waals surface area contributed by atoms with Crippen molar-refractivity contribution in [2.45, 2.75) is 267 Å². The molecule has 0 aromatic heterocycles. The van der Waals surface area contributed by atoms with Crippen LogP contribution in [0.15, 0.2) is 101 Å².